The third-order valence-electron chi connectivity index (χ3n) is 5.32. The van der Waals surface area contributed by atoms with Gasteiger partial charge in [0.25, 0.3) is 0 Å². The minimum absolute atomic E-state index is 0.595. The molecule has 0 unspecified atom stereocenters. The minimum atomic E-state index is 0.595. The molecule has 0 atom stereocenters. The maximum atomic E-state index is 5.89. The fourth-order valence-corrected chi connectivity index (χ4v) is 4.63. The summed E-state index contributed by atoms with van der Waals surface area (Å²) in [4.78, 5) is 5.69. The first-order chi connectivity index (χ1) is 15.5. The Morgan fingerprint density at radius 1 is 0.969 bits per heavy atom. The lowest BCUT2D eigenvalue weighted by Crippen LogP contribution is -2.18. The highest BCUT2D eigenvalue weighted by Crippen LogP contribution is 2.39. The van der Waals surface area contributed by atoms with E-state index in [4.69, 9.17) is 17.3 Å². The van der Waals surface area contributed by atoms with Crippen LogP contribution in [0.25, 0.3) is 39.2 Å². The number of aromatic nitrogens is 4. The number of fused-ring (bicyclic) bond motifs is 1. The van der Waals surface area contributed by atoms with E-state index in [0.29, 0.717) is 11.4 Å². The molecular weight excluding hydrogens is 482 g/mol. The molecule has 32 heavy (non-hydrogen) atoms. The van der Waals surface area contributed by atoms with Crippen molar-refractivity contribution in [3.8, 4) is 28.3 Å². The van der Waals surface area contributed by atoms with E-state index < -0.39 is 0 Å². The van der Waals surface area contributed by atoms with E-state index in [1.165, 1.54) is 0 Å². The highest BCUT2D eigenvalue weighted by atomic mass is 79.9. The van der Waals surface area contributed by atoms with Crippen LogP contribution in [0.3, 0.4) is 0 Å². The second-order valence-electron chi connectivity index (χ2n) is 7.93. The summed E-state index contributed by atoms with van der Waals surface area (Å²) in [6, 6.07) is 26.9. The fraction of sp³-hybridized carbons (Fsp3) is 0.120. The van der Waals surface area contributed by atoms with Crippen LogP contribution in [0.4, 0.5) is 0 Å². The van der Waals surface area contributed by atoms with Crippen molar-refractivity contribution in [3.05, 3.63) is 88.1 Å². The van der Waals surface area contributed by atoms with E-state index in [0.717, 1.165) is 43.7 Å². The van der Waals surface area contributed by atoms with Crippen molar-refractivity contribution in [1.82, 2.24) is 24.2 Å². The molecule has 2 heterocycles. The summed E-state index contributed by atoms with van der Waals surface area (Å²) < 4.78 is 5.60. The van der Waals surface area contributed by atoms with Crippen molar-refractivity contribution in [3.63, 3.8) is 0 Å². The second-order valence-corrected chi connectivity index (χ2v) is 9.21. The SMILES string of the molecule is CN(C)Cn1nc(-c2[nH]c3ccc(Br)cc3c2-c2ccccc2)n(-c2ccccc2)c1=S. The number of rotatable bonds is 5. The van der Waals surface area contributed by atoms with E-state index in [1.54, 1.807) is 0 Å². The summed E-state index contributed by atoms with van der Waals surface area (Å²) in [6.45, 7) is 0.595. The monoisotopic (exact) mass is 503 g/mol. The van der Waals surface area contributed by atoms with Gasteiger partial charge in [0.15, 0.2) is 5.82 Å². The molecule has 5 aromatic rings. The van der Waals surface area contributed by atoms with E-state index in [9.17, 15) is 0 Å². The van der Waals surface area contributed by atoms with Crippen molar-refractivity contribution >= 4 is 39.1 Å². The zero-order valence-electron chi connectivity index (χ0n) is 17.8. The largest absolute Gasteiger partial charge is 0.351 e. The van der Waals surface area contributed by atoms with Gasteiger partial charge in [-0.25, -0.2) is 4.68 Å². The molecule has 0 saturated carbocycles. The number of hydrogen-bond acceptors (Lipinski definition) is 3. The summed E-state index contributed by atoms with van der Waals surface area (Å²) in [6.07, 6.45) is 0. The van der Waals surface area contributed by atoms with Crippen LogP contribution in [-0.2, 0) is 6.67 Å². The van der Waals surface area contributed by atoms with Crippen molar-refractivity contribution in [2.45, 2.75) is 6.67 Å². The molecule has 5 rings (SSSR count). The predicted molar refractivity (Wildman–Crippen MR) is 137 cm³/mol. The van der Waals surface area contributed by atoms with Gasteiger partial charge in [-0.15, -0.1) is 5.10 Å². The molecule has 7 heteroatoms. The van der Waals surface area contributed by atoms with Crippen molar-refractivity contribution < 1.29 is 0 Å². The van der Waals surface area contributed by atoms with Gasteiger partial charge in [0.2, 0.25) is 4.77 Å². The molecule has 5 nitrogen and oxygen atoms in total. The Balaban J connectivity index is 1.86. The first-order valence-electron chi connectivity index (χ1n) is 10.3. The summed E-state index contributed by atoms with van der Waals surface area (Å²) >= 11 is 9.53. The van der Waals surface area contributed by atoms with Gasteiger partial charge in [-0.2, -0.15) is 0 Å². The maximum Gasteiger partial charge on any atom is 0.204 e. The Bertz CT molecular complexity index is 1450. The fourth-order valence-electron chi connectivity index (χ4n) is 3.98. The Hall–Kier alpha value is -3.00. The number of nitrogens with zero attached hydrogens (tertiary/aromatic N) is 4. The number of hydrogen-bond donors (Lipinski definition) is 1. The van der Waals surface area contributed by atoms with Crippen LogP contribution in [-0.4, -0.2) is 38.3 Å². The van der Waals surface area contributed by atoms with Crippen LogP contribution in [0.15, 0.2) is 83.3 Å². The summed E-state index contributed by atoms with van der Waals surface area (Å²) in [5.41, 5.74) is 5.21. The third-order valence-corrected chi connectivity index (χ3v) is 6.20. The van der Waals surface area contributed by atoms with Gasteiger partial charge in [-0.3, -0.25) is 9.47 Å². The number of benzene rings is 3. The molecule has 160 valence electrons. The predicted octanol–water partition coefficient (Wildman–Crippen LogP) is 6.50. The van der Waals surface area contributed by atoms with Crippen LogP contribution < -0.4 is 0 Å². The van der Waals surface area contributed by atoms with Crippen LogP contribution in [0.2, 0.25) is 0 Å². The summed E-state index contributed by atoms with van der Waals surface area (Å²) in [5.74, 6) is 0.786. The molecular formula is C25H22BrN5S. The molecule has 0 aliphatic heterocycles. The van der Waals surface area contributed by atoms with Crippen molar-refractivity contribution in [2.75, 3.05) is 14.1 Å². The van der Waals surface area contributed by atoms with Crippen molar-refractivity contribution in [1.29, 1.82) is 0 Å². The molecule has 0 aliphatic rings. The average molecular weight is 504 g/mol. The zero-order chi connectivity index (χ0) is 22.2. The second kappa shape index (κ2) is 8.50. The molecule has 0 radical (unpaired) electrons. The lowest BCUT2D eigenvalue weighted by atomic mass is 10.0. The van der Waals surface area contributed by atoms with Gasteiger partial charge >= 0.3 is 0 Å². The van der Waals surface area contributed by atoms with Gasteiger partial charge in [0.1, 0.15) is 0 Å². The molecule has 2 aromatic heterocycles. The van der Waals surface area contributed by atoms with Gasteiger partial charge in [0, 0.05) is 20.9 Å². The molecule has 3 aromatic carbocycles. The smallest absolute Gasteiger partial charge is 0.204 e. The van der Waals surface area contributed by atoms with Crippen LogP contribution in [0.5, 0.6) is 0 Å². The van der Waals surface area contributed by atoms with Crippen LogP contribution >= 0.6 is 28.1 Å². The van der Waals surface area contributed by atoms with E-state index in [2.05, 4.69) is 74.3 Å². The number of aromatic amines is 1. The lowest BCUT2D eigenvalue weighted by molar-refractivity contribution is 0.304. The topological polar surface area (TPSA) is 41.8 Å². The van der Waals surface area contributed by atoms with E-state index in [1.807, 2.05) is 53.7 Å². The summed E-state index contributed by atoms with van der Waals surface area (Å²) in [5, 5.41) is 6.12. The quantitative estimate of drug-likeness (QED) is 0.278. The van der Waals surface area contributed by atoms with Gasteiger partial charge in [-0.1, -0.05) is 64.5 Å². The Kier molecular flexibility index (Phi) is 5.55. The van der Waals surface area contributed by atoms with E-state index in [-0.39, 0.29) is 0 Å². The van der Waals surface area contributed by atoms with Crippen LogP contribution in [0, 0.1) is 4.77 Å². The standard InChI is InChI=1S/C25H22BrN5S/c1-29(2)16-30-25(32)31(19-11-7-4-8-12-19)24(28-30)23-22(17-9-5-3-6-10-17)20-15-18(26)13-14-21(20)27-23/h3-15,27H,16H2,1-2H3. The molecule has 0 bridgehead atoms. The number of halogens is 1. The minimum Gasteiger partial charge on any atom is -0.351 e. The number of H-pyrrole nitrogens is 1. The summed E-state index contributed by atoms with van der Waals surface area (Å²) in [7, 11) is 4.03. The Morgan fingerprint density at radius 3 is 2.34 bits per heavy atom. The average Bonchev–Trinajstić information content (AvgIpc) is 3.32. The highest BCUT2D eigenvalue weighted by molar-refractivity contribution is 9.10. The highest BCUT2D eigenvalue weighted by Gasteiger charge is 2.22. The Morgan fingerprint density at radius 2 is 1.66 bits per heavy atom. The molecule has 0 saturated heterocycles. The van der Waals surface area contributed by atoms with E-state index >= 15 is 0 Å². The third kappa shape index (κ3) is 3.72. The number of nitrogens with one attached hydrogen (secondary N) is 1. The first kappa shape index (κ1) is 20.9. The van der Waals surface area contributed by atoms with Gasteiger partial charge < -0.3 is 4.98 Å². The zero-order valence-corrected chi connectivity index (χ0v) is 20.2. The molecule has 0 aliphatic carbocycles. The number of para-hydroxylation sites is 1. The van der Waals surface area contributed by atoms with Crippen molar-refractivity contribution in [2.24, 2.45) is 0 Å². The maximum absolute atomic E-state index is 5.89. The van der Waals surface area contributed by atoms with Gasteiger partial charge in [0.05, 0.1) is 18.1 Å². The first-order valence-corrected chi connectivity index (χ1v) is 11.5. The lowest BCUT2D eigenvalue weighted by Gasteiger charge is -2.09. The molecule has 0 amide bonds. The van der Waals surface area contributed by atoms with Gasteiger partial charge in [-0.05, 0) is 62.2 Å². The molecule has 0 spiro atoms. The van der Waals surface area contributed by atoms with Crippen LogP contribution in [0.1, 0.15) is 0 Å². The molecule has 1 N–H and O–H groups in total. The Labute approximate surface area is 200 Å². The normalized spacial score (nSPS) is 11.5. The molecule has 0 fully saturated rings.